The summed E-state index contributed by atoms with van der Waals surface area (Å²) in [6.45, 7) is 0. The fraction of sp³-hybridized carbons (Fsp3) is 0. The summed E-state index contributed by atoms with van der Waals surface area (Å²) in [6, 6.07) is 7.42. The van der Waals surface area contributed by atoms with Gasteiger partial charge in [0.25, 0.3) is 10.1 Å². The lowest BCUT2D eigenvalue weighted by molar-refractivity contribution is 0.483. The molecule has 4 nitrogen and oxygen atoms in total. The van der Waals surface area contributed by atoms with E-state index in [1.165, 1.54) is 12.1 Å². The Balaban J connectivity index is 0.000000561. The standard InChI is InChI=1S/C6H6O3S.H3OP/c7-10(8,9)6-4-2-1-3-5-6;1-2/h1-5H,(H,7,8,9);2H3. The maximum Gasteiger partial charge on any atom is 0.294 e. The quantitative estimate of drug-likeness (QED) is 0.549. The second-order valence-electron chi connectivity index (χ2n) is 1.79. The van der Waals surface area contributed by atoms with Crippen molar-refractivity contribution in [1.82, 2.24) is 0 Å². The van der Waals surface area contributed by atoms with E-state index in [9.17, 15) is 8.42 Å². The fourth-order valence-electron chi connectivity index (χ4n) is 0.592. The Hall–Kier alpha value is -0.640. The van der Waals surface area contributed by atoms with E-state index in [1.807, 2.05) is 0 Å². The molecule has 0 aliphatic carbocycles. The molecule has 0 aliphatic heterocycles. The third-order valence-electron chi connectivity index (χ3n) is 1.04. The molecular weight excluding hydrogens is 199 g/mol. The van der Waals surface area contributed by atoms with E-state index < -0.39 is 10.1 Å². The average Bonchev–Trinajstić information content (AvgIpc) is 2.08. The number of hydrogen-bond acceptors (Lipinski definition) is 3. The minimum atomic E-state index is -4.00. The smallest absolute Gasteiger partial charge is 0.294 e. The first-order valence-electron chi connectivity index (χ1n) is 2.92. The van der Waals surface area contributed by atoms with Gasteiger partial charge in [-0.25, -0.2) is 0 Å². The van der Waals surface area contributed by atoms with Crippen molar-refractivity contribution in [2.75, 3.05) is 0 Å². The molecule has 1 aromatic rings. The molecule has 68 valence electrons. The largest absolute Gasteiger partial charge is 0.333 e. The van der Waals surface area contributed by atoms with Gasteiger partial charge in [0.15, 0.2) is 0 Å². The molecule has 0 aliphatic rings. The highest BCUT2D eigenvalue weighted by Crippen LogP contribution is 2.05. The zero-order valence-corrected chi connectivity index (χ0v) is 8.40. The van der Waals surface area contributed by atoms with Crippen LogP contribution in [0.1, 0.15) is 0 Å². The van der Waals surface area contributed by atoms with Crippen LogP contribution in [0.25, 0.3) is 0 Å². The topological polar surface area (TPSA) is 71.4 Å². The van der Waals surface area contributed by atoms with Crippen molar-refractivity contribution < 1.29 is 17.5 Å². The molecule has 0 radical (unpaired) electrons. The summed E-state index contributed by atoms with van der Waals surface area (Å²) in [5.74, 6) is 0. The molecule has 0 spiro atoms. The van der Waals surface area contributed by atoms with Gasteiger partial charge < -0.3 is 4.57 Å². The zero-order chi connectivity index (χ0) is 9.61. The van der Waals surface area contributed by atoms with Crippen molar-refractivity contribution in [3.05, 3.63) is 30.3 Å². The first kappa shape index (κ1) is 11.4. The Morgan fingerprint density at radius 2 is 1.50 bits per heavy atom. The van der Waals surface area contributed by atoms with E-state index in [0.29, 0.717) is 9.12 Å². The molecule has 12 heavy (non-hydrogen) atoms. The van der Waals surface area contributed by atoms with Gasteiger partial charge in [0, 0.05) is 0 Å². The van der Waals surface area contributed by atoms with Crippen LogP contribution in [0, 0.1) is 0 Å². The van der Waals surface area contributed by atoms with Crippen molar-refractivity contribution in [2.45, 2.75) is 4.90 Å². The molecule has 1 aromatic carbocycles. The molecule has 1 unspecified atom stereocenters. The Morgan fingerprint density at radius 1 is 1.08 bits per heavy atom. The van der Waals surface area contributed by atoms with Gasteiger partial charge in [0.05, 0.1) is 14.0 Å². The van der Waals surface area contributed by atoms with Gasteiger partial charge in [-0.1, -0.05) is 18.2 Å². The Morgan fingerprint density at radius 3 is 1.75 bits per heavy atom. The molecule has 6 heteroatoms. The molecule has 0 saturated carbocycles. The fourth-order valence-corrected chi connectivity index (χ4v) is 1.09. The molecule has 0 fully saturated rings. The van der Waals surface area contributed by atoms with Crippen LogP contribution >= 0.6 is 9.12 Å². The lowest BCUT2D eigenvalue weighted by Gasteiger charge is -1.92. The Bertz CT molecular complexity index is 321. The van der Waals surface area contributed by atoms with Crippen LogP contribution in [0.2, 0.25) is 0 Å². The minimum absolute atomic E-state index is 0.0741. The first-order chi connectivity index (χ1) is 5.61. The van der Waals surface area contributed by atoms with Gasteiger partial charge in [0.2, 0.25) is 0 Å². The maximum absolute atomic E-state index is 10.4. The molecule has 0 bridgehead atoms. The second-order valence-corrected chi connectivity index (χ2v) is 3.21. The van der Waals surface area contributed by atoms with E-state index >= 15 is 0 Å². The third-order valence-corrected chi connectivity index (χ3v) is 1.91. The van der Waals surface area contributed by atoms with Gasteiger partial charge in [-0.15, -0.1) is 0 Å². The van der Waals surface area contributed by atoms with Gasteiger partial charge >= 0.3 is 0 Å². The van der Waals surface area contributed by atoms with Crippen molar-refractivity contribution in [1.29, 1.82) is 0 Å². The van der Waals surface area contributed by atoms with Crippen LogP contribution in [0.4, 0.5) is 0 Å². The summed E-state index contributed by atoms with van der Waals surface area (Å²) in [5, 5.41) is 0. The van der Waals surface area contributed by atoms with Crippen LogP contribution < -0.4 is 0 Å². The van der Waals surface area contributed by atoms with Gasteiger partial charge in [-0.2, -0.15) is 8.42 Å². The van der Waals surface area contributed by atoms with Crippen LogP contribution in [-0.2, 0) is 14.7 Å². The zero-order valence-electron chi connectivity index (χ0n) is 6.17. The van der Waals surface area contributed by atoms with Crippen LogP contribution in [0.5, 0.6) is 0 Å². The van der Waals surface area contributed by atoms with Gasteiger partial charge in [0.1, 0.15) is 0 Å². The van der Waals surface area contributed by atoms with E-state index in [2.05, 4.69) is 0 Å². The Kier molecular flexibility index (Phi) is 4.81. The Labute approximate surface area is 72.6 Å². The highest BCUT2D eigenvalue weighted by atomic mass is 32.2. The predicted octanol–water partition coefficient (Wildman–Crippen LogP) is 0.873. The predicted molar refractivity (Wildman–Crippen MR) is 48.0 cm³/mol. The summed E-state index contributed by atoms with van der Waals surface area (Å²) in [7, 11) is -3.39. The molecule has 0 aromatic heterocycles. The maximum atomic E-state index is 10.4. The SMILES string of the molecule is O=S(=O)(O)c1ccccc1.O=[PH3]. The summed E-state index contributed by atoms with van der Waals surface area (Å²) < 4.78 is 37.5. The molecule has 0 saturated heterocycles. The van der Waals surface area contributed by atoms with Crippen molar-refractivity contribution in [2.24, 2.45) is 0 Å². The number of rotatable bonds is 1. The summed E-state index contributed by atoms with van der Waals surface area (Å²) in [6.07, 6.45) is 0. The average molecular weight is 208 g/mol. The number of hydrogen-bond donors (Lipinski definition) is 1. The minimum Gasteiger partial charge on any atom is -0.333 e. The lowest BCUT2D eigenvalue weighted by atomic mass is 10.4. The lowest BCUT2D eigenvalue weighted by Crippen LogP contribution is -1.96. The van der Waals surface area contributed by atoms with Gasteiger partial charge in [-0.05, 0) is 12.1 Å². The summed E-state index contributed by atoms with van der Waals surface area (Å²) in [4.78, 5) is -0.0741. The summed E-state index contributed by atoms with van der Waals surface area (Å²) >= 11 is 0. The molecule has 1 N–H and O–H groups in total. The van der Waals surface area contributed by atoms with E-state index in [4.69, 9.17) is 9.12 Å². The van der Waals surface area contributed by atoms with Gasteiger partial charge in [-0.3, -0.25) is 4.55 Å². The second kappa shape index (κ2) is 5.09. The van der Waals surface area contributed by atoms with Crippen LogP contribution in [0.15, 0.2) is 35.2 Å². The third kappa shape index (κ3) is 3.67. The van der Waals surface area contributed by atoms with Crippen LogP contribution in [0.3, 0.4) is 0 Å². The number of benzene rings is 1. The molecule has 0 amide bonds. The van der Waals surface area contributed by atoms with Crippen molar-refractivity contribution >= 4 is 19.2 Å². The highest BCUT2D eigenvalue weighted by molar-refractivity contribution is 7.85. The van der Waals surface area contributed by atoms with Crippen molar-refractivity contribution in [3.63, 3.8) is 0 Å². The van der Waals surface area contributed by atoms with E-state index in [0.717, 1.165) is 0 Å². The normalized spacial score (nSPS) is 10.1. The monoisotopic (exact) mass is 208 g/mol. The molecular formula is C6H9O4PS. The molecule has 0 heterocycles. The van der Waals surface area contributed by atoms with Crippen LogP contribution in [-0.4, -0.2) is 13.0 Å². The van der Waals surface area contributed by atoms with E-state index in [1.54, 1.807) is 18.2 Å². The summed E-state index contributed by atoms with van der Waals surface area (Å²) in [5.41, 5.74) is 0. The highest BCUT2D eigenvalue weighted by Gasteiger charge is 2.05. The molecule has 1 atom stereocenters. The van der Waals surface area contributed by atoms with E-state index in [-0.39, 0.29) is 4.90 Å². The first-order valence-corrected chi connectivity index (χ1v) is 4.94. The van der Waals surface area contributed by atoms with Crippen molar-refractivity contribution in [3.8, 4) is 0 Å². The molecule has 1 rings (SSSR count).